The van der Waals surface area contributed by atoms with Gasteiger partial charge in [-0.2, -0.15) is 5.10 Å². The van der Waals surface area contributed by atoms with Crippen LogP contribution in [0.4, 0.5) is 0 Å². The van der Waals surface area contributed by atoms with E-state index in [4.69, 9.17) is 35.4 Å². The van der Waals surface area contributed by atoms with Gasteiger partial charge in [-0.15, -0.1) is 0 Å². The maximum atomic E-state index is 12.8. The highest BCUT2D eigenvalue weighted by Crippen LogP contribution is 2.35. The van der Waals surface area contributed by atoms with Crippen LogP contribution in [0.2, 0.25) is 10.0 Å². The van der Waals surface area contributed by atoms with Crippen LogP contribution in [-0.2, 0) is 14.1 Å². The average molecular weight is 509 g/mol. The van der Waals surface area contributed by atoms with Crippen molar-refractivity contribution in [3.05, 3.63) is 102 Å². The lowest BCUT2D eigenvalue weighted by Gasteiger charge is -2.26. The molecule has 0 radical (unpaired) electrons. The van der Waals surface area contributed by atoms with E-state index < -0.39 is 0 Å². The fraction of sp³-hybridized carbons (Fsp3) is 0.192. The van der Waals surface area contributed by atoms with Crippen molar-refractivity contribution in [3.63, 3.8) is 0 Å². The van der Waals surface area contributed by atoms with Crippen molar-refractivity contribution in [1.82, 2.24) is 19.3 Å². The van der Waals surface area contributed by atoms with Crippen LogP contribution in [0.5, 0.6) is 0 Å². The van der Waals surface area contributed by atoms with E-state index in [2.05, 4.69) is 22.3 Å². The predicted molar refractivity (Wildman–Crippen MR) is 140 cm³/mol. The number of nitrogens with zero attached hydrogens (tertiary/aromatic N) is 3. The van der Waals surface area contributed by atoms with Gasteiger partial charge in [-0.1, -0.05) is 59.6 Å². The Morgan fingerprint density at radius 3 is 2.50 bits per heavy atom. The van der Waals surface area contributed by atoms with Gasteiger partial charge < -0.3 is 9.13 Å². The van der Waals surface area contributed by atoms with Crippen LogP contribution in [0.3, 0.4) is 0 Å². The van der Waals surface area contributed by atoms with Crippen LogP contribution < -0.4 is 16.1 Å². The van der Waals surface area contributed by atoms with Gasteiger partial charge in [0.1, 0.15) is 5.82 Å². The van der Waals surface area contributed by atoms with Crippen molar-refractivity contribution in [3.8, 4) is 11.1 Å². The van der Waals surface area contributed by atoms with Crippen LogP contribution in [-0.4, -0.2) is 19.3 Å². The summed E-state index contributed by atoms with van der Waals surface area (Å²) in [4.78, 5) is 12.8. The Bertz CT molecular complexity index is 1630. The zero-order chi connectivity index (χ0) is 24.0. The summed E-state index contributed by atoms with van der Waals surface area (Å²) in [6.07, 6.45) is 5.13. The summed E-state index contributed by atoms with van der Waals surface area (Å²) in [5.41, 5.74) is 2.81. The van der Waals surface area contributed by atoms with E-state index in [0.29, 0.717) is 14.8 Å². The molecule has 2 heterocycles. The third kappa shape index (κ3) is 4.06. The van der Waals surface area contributed by atoms with Gasteiger partial charge in [0.25, 0.3) is 5.56 Å². The first kappa shape index (κ1) is 22.8. The number of nitrogens with one attached hydrogen (secondary N) is 1. The molecule has 5 rings (SSSR count). The summed E-state index contributed by atoms with van der Waals surface area (Å²) in [5, 5.41) is 10.7. The highest BCUT2D eigenvalue weighted by atomic mass is 35.5. The molecular formula is C26H22Cl2N4OS. The molecule has 0 saturated heterocycles. The minimum Gasteiger partial charge on any atom is -0.312 e. The van der Waals surface area contributed by atoms with E-state index in [0.717, 1.165) is 39.5 Å². The van der Waals surface area contributed by atoms with Crippen molar-refractivity contribution in [1.29, 1.82) is 0 Å². The molecule has 1 aliphatic carbocycles. The maximum Gasteiger partial charge on any atom is 0.251 e. The van der Waals surface area contributed by atoms with E-state index in [1.54, 1.807) is 17.7 Å². The molecule has 4 aromatic rings. The lowest BCUT2D eigenvalue weighted by Crippen LogP contribution is -2.45. The second-order valence-corrected chi connectivity index (χ2v) is 9.77. The Morgan fingerprint density at radius 2 is 1.82 bits per heavy atom. The second-order valence-electron chi connectivity index (χ2n) is 8.51. The number of halogens is 2. The van der Waals surface area contributed by atoms with Gasteiger partial charge in [-0.05, 0) is 65.5 Å². The first-order valence-electron chi connectivity index (χ1n) is 10.9. The molecule has 0 fully saturated rings. The number of aromatic amines is 1. The molecular weight excluding hydrogens is 487 g/mol. The quantitative estimate of drug-likeness (QED) is 0.411. The lowest BCUT2D eigenvalue weighted by molar-refractivity contribution is 0.560. The standard InChI is InChI=1S/C26H22Cl2N4OS/c1-31-22-11-8-17(13-21(22)20(14-23(31)33)16-4-3-5-19(28)12-16)24(15-6-9-18(27)10-7-15)25-29-30-26(34)32(25)2/h3-7,9-14,17,24H,8H2,1-2H3,(H,30,34). The lowest BCUT2D eigenvalue weighted by atomic mass is 9.80. The summed E-state index contributed by atoms with van der Waals surface area (Å²) in [7, 11) is 3.73. The van der Waals surface area contributed by atoms with Gasteiger partial charge in [-0.25, -0.2) is 0 Å². The number of benzene rings is 2. The van der Waals surface area contributed by atoms with E-state index in [-0.39, 0.29) is 17.4 Å². The highest BCUT2D eigenvalue weighted by molar-refractivity contribution is 7.71. The van der Waals surface area contributed by atoms with E-state index in [1.165, 1.54) is 0 Å². The number of fused-ring (bicyclic) bond motifs is 1. The molecule has 0 bridgehead atoms. The number of rotatable bonds is 4. The summed E-state index contributed by atoms with van der Waals surface area (Å²) in [6, 6.07) is 17.1. The molecule has 1 N–H and O–H groups in total. The minimum absolute atomic E-state index is 0.0551. The predicted octanol–water partition coefficient (Wildman–Crippen LogP) is 4.56. The minimum atomic E-state index is -0.0657. The van der Waals surface area contributed by atoms with Crippen molar-refractivity contribution >= 4 is 47.6 Å². The molecule has 2 unspecified atom stereocenters. The van der Waals surface area contributed by atoms with Crippen LogP contribution in [0.1, 0.15) is 23.7 Å². The summed E-state index contributed by atoms with van der Waals surface area (Å²) >= 11 is 17.9. The van der Waals surface area contributed by atoms with Crippen LogP contribution in [0.15, 0.2) is 59.4 Å². The van der Waals surface area contributed by atoms with Gasteiger partial charge in [0.15, 0.2) is 4.77 Å². The van der Waals surface area contributed by atoms with Gasteiger partial charge in [-0.3, -0.25) is 9.89 Å². The molecule has 5 nitrogen and oxygen atoms in total. The Labute approximate surface area is 211 Å². The zero-order valence-electron chi connectivity index (χ0n) is 18.6. The largest absolute Gasteiger partial charge is 0.312 e. The van der Waals surface area contributed by atoms with E-state index >= 15 is 0 Å². The molecule has 0 aliphatic heterocycles. The first-order chi connectivity index (χ1) is 16.3. The van der Waals surface area contributed by atoms with Gasteiger partial charge in [0.05, 0.1) is 5.92 Å². The van der Waals surface area contributed by atoms with E-state index in [1.807, 2.05) is 60.1 Å². The Morgan fingerprint density at radius 1 is 1.06 bits per heavy atom. The fourth-order valence-electron chi connectivity index (χ4n) is 4.71. The van der Waals surface area contributed by atoms with Crippen molar-refractivity contribution in [2.45, 2.75) is 12.3 Å². The molecule has 8 heteroatoms. The Kier molecular flexibility index (Phi) is 6.06. The molecule has 172 valence electrons. The Hall–Kier alpha value is -2.93. The third-order valence-electron chi connectivity index (χ3n) is 6.48. The summed E-state index contributed by atoms with van der Waals surface area (Å²) < 4.78 is 4.18. The van der Waals surface area contributed by atoms with Crippen LogP contribution >= 0.6 is 35.4 Å². The summed E-state index contributed by atoms with van der Waals surface area (Å²) in [6.45, 7) is 0. The highest BCUT2D eigenvalue weighted by Gasteiger charge is 2.29. The molecule has 2 aromatic heterocycles. The molecule has 0 saturated carbocycles. The number of pyridine rings is 1. The molecule has 1 aliphatic rings. The van der Waals surface area contributed by atoms with E-state index in [9.17, 15) is 4.79 Å². The normalized spacial score (nSPS) is 15.8. The molecule has 2 atom stereocenters. The van der Waals surface area contributed by atoms with Crippen LogP contribution in [0, 0.1) is 10.7 Å². The molecule has 0 spiro atoms. The molecule has 34 heavy (non-hydrogen) atoms. The van der Waals surface area contributed by atoms with Crippen LogP contribution in [0.25, 0.3) is 23.3 Å². The Balaban J connectivity index is 1.76. The number of hydrogen-bond donors (Lipinski definition) is 1. The number of hydrogen-bond acceptors (Lipinski definition) is 3. The van der Waals surface area contributed by atoms with Crippen molar-refractivity contribution in [2.24, 2.45) is 20.0 Å². The molecule has 2 aromatic carbocycles. The molecule has 0 amide bonds. The summed E-state index contributed by atoms with van der Waals surface area (Å²) in [5.74, 6) is 0.858. The number of aromatic nitrogens is 4. The van der Waals surface area contributed by atoms with Gasteiger partial charge in [0.2, 0.25) is 0 Å². The average Bonchev–Trinajstić information content (AvgIpc) is 3.15. The first-order valence-corrected chi connectivity index (χ1v) is 12.0. The van der Waals surface area contributed by atoms with Crippen molar-refractivity contribution in [2.75, 3.05) is 0 Å². The number of H-pyrrole nitrogens is 1. The monoisotopic (exact) mass is 508 g/mol. The maximum absolute atomic E-state index is 12.8. The van der Waals surface area contributed by atoms with Crippen molar-refractivity contribution < 1.29 is 0 Å². The SMILES string of the molecule is Cn1c(C(c2ccc(Cl)cc2)C2C=c3c(-c4cccc(Cl)c4)cc(=O)n(C)c3=CC2)n[nH]c1=S. The topological polar surface area (TPSA) is 55.6 Å². The second kappa shape index (κ2) is 9.02. The van der Waals surface area contributed by atoms with Gasteiger partial charge in [0, 0.05) is 40.8 Å². The zero-order valence-corrected chi connectivity index (χ0v) is 21.0. The third-order valence-corrected chi connectivity index (χ3v) is 7.33. The fourth-order valence-corrected chi connectivity index (χ4v) is 5.17. The van der Waals surface area contributed by atoms with Gasteiger partial charge >= 0.3 is 0 Å². The smallest absolute Gasteiger partial charge is 0.251 e.